The zero-order valence-corrected chi connectivity index (χ0v) is 17.1. The van der Waals surface area contributed by atoms with Crippen molar-refractivity contribution in [1.82, 2.24) is 4.31 Å². The lowest BCUT2D eigenvalue weighted by atomic mass is 10.2. The van der Waals surface area contributed by atoms with Gasteiger partial charge in [-0.2, -0.15) is 4.31 Å². The number of carbonyl (C=O) groups is 2. The normalized spacial score (nSPS) is 15.4. The van der Waals surface area contributed by atoms with Gasteiger partial charge < -0.3 is 4.74 Å². The minimum Gasteiger partial charge on any atom is -0.454 e. The molecule has 2 heterocycles. The number of Topliss-reactive ketones (excluding diaryl/α,β-unsaturated/α-hetero) is 1. The fourth-order valence-corrected chi connectivity index (χ4v) is 5.40. The summed E-state index contributed by atoms with van der Waals surface area (Å²) in [4.78, 5) is 24.0. The minimum absolute atomic E-state index is 0.144. The van der Waals surface area contributed by atoms with Crippen LogP contribution in [0.4, 0.5) is 4.39 Å². The molecule has 28 heavy (non-hydrogen) atoms. The van der Waals surface area contributed by atoms with E-state index in [4.69, 9.17) is 16.3 Å². The second-order valence-corrected chi connectivity index (χ2v) is 9.83. The molecule has 0 unspecified atom stereocenters. The van der Waals surface area contributed by atoms with Crippen molar-refractivity contribution in [1.29, 1.82) is 0 Å². The van der Waals surface area contributed by atoms with Crippen LogP contribution < -0.4 is 0 Å². The van der Waals surface area contributed by atoms with E-state index >= 15 is 0 Å². The molecule has 0 atom stereocenters. The van der Waals surface area contributed by atoms with Gasteiger partial charge in [0, 0.05) is 13.1 Å². The van der Waals surface area contributed by atoms with E-state index in [1.165, 1.54) is 10.4 Å². The Balaban J connectivity index is 1.75. The van der Waals surface area contributed by atoms with Crippen LogP contribution in [0.25, 0.3) is 0 Å². The molecule has 0 amide bonds. The number of hydrogen-bond donors (Lipinski definition) is 0. The summed E-state index contributed by atoms with van der Waals surface area (Å²) in [5.41, 5.74) is -0.144. The molecule has 3 rings (SSSR count). The Bertz CT molecular complexity index is 999. The highest BCUT2D eigenvalue weighted by Crippen LogP contribution is 2.25. The lowest BCUT2D eigenvalue weighted by molar-refractivity contribution is 0.0475. The lowest BCUT2D eigenvalue weighted by Crippen LogP contribution is -2.36. The van der Waals surface area contributed by atoms with Crippen molar-refractivity contribution in [2.75, 3.05) is 19.7 Å². The molecule has 6 nitrogen and oxygen atoms in total. The second-order valence-electron chi connectivity index (χ2n) is 6.21. The van der Waals surface area contributed by atoms with E-state index < -0.39 is 39.1 Å². The van der Waals surface area contributed by atoms with Crippen LogP contribution in [0.5, 0.6) is 0 Å². The first kappa shape index (κ1) is 20.9. The number of thiophene rings is 1. The van der Waals surface area contributed by atoms with Crippen molar-refractivity contribution >= 4 is 44.7 Å². The van der Waals surface area contributed by atoms with Gasteiger partial charge in [-0.05, 0) is 43.2 Å². The van der Waals surface area contributed by atoms with Crippen molar-refractivity contribution in [2.24, 2.45) is 0 Å². The number of hydrogen-bond acceptors (Lipinski definition) is 6. The monoisotopic (exact) mass is 445 g/mol. The predicted molar refractivity (Wildman–Crippen MR) is 103 cm³/mol. The third-order valence-electron chi connectivity index (χ3n) is 4.28. The molecular formula is C18H17ClFNO5S2. The van der Waals surface area contributed by atoms with Gasteiger partial charge in [0.1, 0.15) is 10.7 Å². The molecule has 1 aliphatic heterocycles. The van der Waals surface area contributed by atoms with E-state index in [0.717, 1.165) is 36.0 Å². The first-order chi connectivity index (χ1) is 13.3. The van der Waals surface area contributed by atoms with E-state index in [0.29, 0.717) is 35.1 Å². The fourth-order valence-electron chi connectivity index (χ4n) is 2.82. The molecule has 0 spiro atoms. The summed E-state index contributed by atoms with van der Waals surface area (Å²) in [5.74, 6) is -2.29. The van der Waals surface area contributed by atoms with Gasteiger partial charge in [0.25, 0.3) is 0 Å². The van der Waals surface area contributed by atoms with Gasteiger partial charge in [-0.25, -0.2) is 17.6 Å². The maximum atomic E-state index is 14.2. The number of sulfonamides is 1. The van der Waals surface area contributed by atoms with E-state index in [1.54, 1.807) is 6.07 Å². The van der Waals surface area contributed by atoms with E-state index in [2.05, 4.69) is 0 Å². The average Bonchev–Trinajstić information content (AvgIpc) is 3.13. The van der Waals surface area contributed by atoms with E-state index in [-0.39, 0.29) is 5.56 Å². The van der Waals surface area contributed by atoms with Gasteiger partial charge in [0.05, 0.1) is 14.8 Å². The number of nitrogens with zero attached hydrogens (tertiary/aromatic N) is 1. The fraction of sp³-hybridized carbons (Fsp3) is 0.333. The van der Waals surface area contributed by atoms with Gasteiger partial charge in [0.2, 0.25) is 15.8 Å². The molecule has 0 radical (unpaired) electrons. The molecule has 10 heteroatoms. The molecule has 1 fully saturated rings. The molecule has 0 saturated carbocycles. The number of carbonyl (C=O) groups excluding carboxylic acids is 2. The van der Waals surface area contributed by atoms with Crippen LogP contribution in [0.15, 0.2) is 35.2 Å². The third kappa shape index (κ3) is 4.60. The number of halogens is 2. The maximum Gasteiger partial charge on any atom is 0.338 e. The molecule has 150 valence electrons. The summed E-state index contributed by atoms with van der Waals surface area (Å²) in [5, 5.41) is 0. The van der Waals surface area contributed by atoms with Crippen LogP contribution >= 0.6 is 22.9 Å². The Morgan fingerprint density at radius 3 is 2.50 bits per heavy atom. The number of benzene rings is 1. The Morgan fingerprint density at radius 2 is 1.86 bits per heavy atom. The summed E-state index contributed by atoms with van der Waals surface area (Å²) >= 11 is 6.82. The summed E-state index contributed by atoms with van der Waals surface area (Å²) in [6.45, 7) is 0.101. The van der Waals surface area contributed by atoms with Crippen molar-refractivity contribution < 1.29 is 27.1 Å². The molecule has 0 bridgehead atoms. The zero-order valence-electron chi connectivity index (χ0n) is 14.7. The van der Waals surface area contributed by atoms with Gasteiger partial charge in [-0.3, -0.25) is 4.79 Å². The largest absolute Gasteiger partial charge is 0.454 e. The Labute approximate surface area is 170 Å². The highest BCUT2D eigenvalue weighted by Gasteiger charge is 2.29. The molecule has 1 saturated heterocycles. The quantitative estimate of drug-likeness (QED) is 0.499. The third-order valence-corrected chi connectivity index (χ3v) is 7.47. The minimum atomic E-state index is -4.05. The average molecular weight is 446 g/mol. The van der Waals surface area contributed by atoms with Crippen LogP contribution in [0.1, 0.15) is 39.3 Å². The summed E-state index contributed by atoms with van der Waals surface area (Å²) in [6, 6.07) is 6.06. The van der Waals surface area contributed by atoms with Crippen molar-refractivity contribution in [3.05, 3.63) is 50.9 Å². The van der Waals surface area contributed by atoms with Crippen LogP contribution in [0.2, 0.25) is 4.34 Å². The Hall–Kier alpha value is -1.81. The van der Waals surface area contributed by atoms with Crippen molar-refractivity contribution in [3.8, 4) is 0 Å². The maximum absolute atomic E-state index is 14.2. The van der Waals surface area contributed by atoms with Gasteiger partial charge in [-0.1, -0.05) is 18.0 Å². The Morgan fingerprint density at radius 1 is 1.14 bits per heavy atom. The number of piperidine rings is 1. The second kappa shape index (κ2) is 8.69. The van der Waals surface area contributed by atoms with E-state index in [9.17, 15) is 22.4 Å². The number of esters is 1. The summed E-state index contributed by atoms with van der Waals surface area (Å²) in [6.07, 6.45) is 2.33. The molecule has 2 aromatic rings. The molecule has 0 aliphatic carbocycles. The van der Waals surface area contributed by atoms with Gasteiger partial charge in [0.15, 0.2) is 6.61 Å². The van der Waals surface area contributed by atoms with Crippen molar-refractivity contribution in [3.63, 3.8) is 0 Å². The zero-order chi connectivity index (χ0) is 20.3. The summed E-state index contributed by atoms with van der Waals surface area (Å²) in [7, 11) is -4.05. The smallest absolute Gasteiger partial charge is 0.338 e. The number of rotatable bonds is 6. The molecule has 1 aromatic carbocycles. The molecular weight excluding hydrogens is 429 g/mol. The highest BCUT2D eigenvalue weighted by molar-refractivity contribution is 7.89. The van der Waals surface area contributed by atoms with E-state index in [1.807, 2.05) is 0 Å². The SMILES string of the molecule is O=C(OCC(=O)c1ccc(Cl)s1)c1ccc(F)c(S(=O)(=O)N2CCCCC2)c1. The molecule has 0 N–H and O–H groups in total. The van der Waals surface area contributed by atoms with Crippen LogP contribution in [0.3, 0.4) is 0 Å². The van der Waals surface area contributed by atoms with Crippen LogP contribution in [-0.2, 0) is 14.8 Å². The topological polar surface area (TPSA) is 80.8 Å². The predicted octanol–water partition coefficient (Wildman–Crippen LogP) is 3.75. The Kier molecular flexibility index (Phi) is 6.49. The van der Waals surface area contributed by atoms with Gasteiger partial charge in [-0.15, -0.1) is 11.3 Å². The number of ketones is 1. The van der Waals surface area contributed by atoms with Crippen LogP contribution in [-0.4, -0.2) is 44.2 Å². The standard InChI is InChI=1S/C18H17ClFNO5S2/c19-17-7-6-15(27-17)14(22)11-26-18(23)12-4-5-13(20)16(10-12)28(24,25)21-8-2-1-3-9-21/h4-7,10H,1-3,8-9,11H2. The number of ether oxygens (including phenoxy) is 1. The van der Waals surface area contributed by atoms with Gasteiger partial charge >= 0.3 is 5.97 Å². The first-order valence-electron chi connectivity index (χ1n) is 8.54. The van der Waals surface area contributed by atoms with Crippen molar-refractivity contribution in [2.45, 2.75) is 24.2 Å². The first-order valence-corrected chi connectivity index (χ1v) is 11.2. The summed E-state index contributed by atoms with van der Waals surface area (Å²) < 4.78 is 46.2. The van der Waals surface area contributed by atoms with Crippen LogP contribution in [0, 0.1) is 5.82 Å². The highest BCUT2D eigenvalue weighted by atomic mass is 35.5. The lowest BCUT2D eigenvalue weighted by Gasteiger charge is -2.26. The molecule has 1 aromatic heterocycles. The molecule has 1 aliphatic rings.